The Labute approximate surface area is 72.5 Å². The molecule has 0 radical (unpaired) electrons. The van der Waals surface area contributed by atoms with Crippen LogP contribution >= 0.6 is 10.7 Å². The molecule has 1 unspecified atom stereocenters. The highest BCUT2D eigenvalue weighted by molar-refractivity contribution is 8.08. The molecule has 0 fully saturated rings. The van der Waals surface area contributed by atoms with E-state index >= 15 is 0 Å². The monoisotopic (exact) mass is 195 g/mol. The number of unbranched alkanes of at least 4 members (excludes halogenated alkanes) is 2. The first-order chi connectivity index (χ1) is 5.27. The quantitative estimate of drug-likeness (QED) is 0.211. The van der Waals surface area contributed by atoms with Crippen molar-refractivity contribution in [1.29, 1.82) is 0 Å². The van der Waals surface area contributed by atoms with Crippen molar-refractivity contribution in [2.45, 2.75) is 19.3 Å². The zero-order chi connectivity index (χ0) is 8.53. The Bertz CT molecular complexity index is 165. The molecule has 0 aliphatic rings. The molecule has 0 amide bonds. The number of hydrogen-bond donors (Lipinski definition) is 0. The van der Waals surface area contributed by atoms with Crippen LogP contribution < -0.4 is 0 Å². The summed E-state index contributed by atoms with van der Waals surface area (Å²) < 4.78 is 10.3. The largest absolute Gasteiger partial charge is 0.243 e. The van der Waals surface area contributed by atoms with Gasteiger partial charge < -0.3 is 0 Å². The molecule has 0 aromatic carbocycles. The summed E-state index contributed by atoms with van der Waals surface area (Å²) >= 11 is 0. The first-order valence-corrected chi connectivity index (χ1v) is 5.47. The molecule has 0 rings (SSSR count). The van der Waals surface area contributed by atoms with Crippen LogP contribution in [0.3, 0.4) is 0 Å². The summed E-state index contributed by atoms with van der Waals surface area (Å²) in [6.07, 6.45) is 2.59. The van der Waals surface area contributed by atoms with E-state index in [0.717, 1.165) is 19.3 Å². The third-order valence-corrected chi connectivity index (χ3v) is 2.20. The van der Waals surface area contributed by atoms with E-state index in [-0.39, 0.29) is 0 Å². The minimum absolute atomic E-state index is 0.519. The van der Waals surface area contributed by atoms with E-state index in [1.807, 2.05) is 0 Å². The van der Waals surface area contributed by atoms with E-state index in [0.29, 0.717) is 12.3 Å². The first kappa shape index (κ1) is 10.8. The van der Waals surface area contributed by atoms with E-state index in [1.165, 1.54) is 0 Å². The van der Waals surface area contributed by atoms with Crippen molar-refractivity contribution in [1.82, 2.24) is 0 Å². The molecule has 64 valence electrons. The summed E-state index contributed by atoms with van der Waals surface area (Å²) in [7, 11) is 4.00. The average Bonchev–Trinajstić information content (AvgIpc) is 1.96. The average molecular weight is 196 g/mol. The molecule has 0 bridgehead atoms. The van der Waals surface area contributed by atoms with E-state index in [1.54, 1.807) is 0 Å². The van der Waals surface area contributed by atoms with Gasteiger partial charge in [-0.25, -0.2) is 4.21 Å². The SMILES string of the molecule is [N-]=[N+]=NCCCCCS(=O)Cl. The fraction of sp³-hybridized carbons (Fsp3) is 1.00. The lowest BCUT2D eigenvalue weighted by molar-refractivity contribution is 0.680. The Kier molecular flexibility index (Phi) is 7.67. The molecule has 0 aliphatic heterocycles. The third kappa shape index (κ3) is 9.75. The van der Waals surface area contributed by atoms with Gasteiger partial charge in [-0.3, -0.25) is 0 Å². The number of hydrogen-bond acceptors (Lipinski definition) is 2. The van der Waals surface area contributed by atoms with Crippen molar-refractivity contribution >= 4 is 20.7 Å². The molecule has 1 atom stereocenters. The summed E-state index contributed by atoms with van der Waals surface area (Å²) in [5.41, 5.74) is 7.90. The van der Waals surface area contributed by atoms with Gasteiger partial charge in [0.2, 0.25) is 0 Å². The van der Waals surface area contributed by atoms with E-state index in [2.05, 4.69) is 10.0 Å². The summed E-state index contributed by atoms with van der Waals surface area (Å²) in [6, 6.07) is 0. The topological polar surface area (TPSA) is 65.8 Å². The third-order valence-electron chi connectivity index (χ3n) is 1.13. The van der Waals surface area contributed by atoms with Crippen molar-refractivity contribution in [3.8, 4) is 0 Å². The molecule has 0 saturated heterocycles. The lowest BCUT2D eigenvalue weighted by Gasteiger charge is -1.93. The number of halogens is 1. The fourth-order valence-corrected chi connectivity index (χ4v) is 1.38. The van der Waals surface area contributed by atoms with Crippen LogP contribution in [0.15, 0.2) is 5.11 Å². The van der Waals surface area contributed by atoms with Crippen molar-refractivity contribution in [2.24, 2.45) is 5.11 Å². The zero-order valence-corrected chi connectivity index (χ0v) is 7.64. The van der Waals surface area contributed by atoms with Crippen LogP contribution in [0.2, 0.25) is 0 Å². The predicted octanol–water partition coefficient (Wildman–Crippen LogP) is 2.37. The number of rotatable bonds is 6. The summed E-state index contributed by atoms with van der Waals surface area (Å²) in [5, 5.41) is 3.36. The van der Waals surface area contributed by atoms with Gasteiger partial charge in [0.15, 0.2) is 0 Å². The standard InChI is InChI=1S/C5H10ClN3OS/c6-11(10)5-3-1-2-4-8-9-7/h1-5H2. The van der Waals surface area contributed by atoms with Crippen LogP contribution in [0.25, 0.3) is 10.4 Å². The zero-order valence-electron chi connectivity index (χ0n) is 6.07. The predicted molar refractivity (Wildman–Crippen MR) is 46.7 cm³/mol. The molecule has 6 heteroatoms. The van der Waals surface area contributed by atoms with Gasteiger partial charge in [0.25, 0.3) is 0 Å². The molecular formula is C5H10ClN3OS. The first-order valence-electron chi connectivity index (χ1n) is 3.33. The van der Waals surface area contributed by atoms with Crippen molar-refractivity contribution in [3.05, 3.63) is 10.4 Å². The Morgan fingerprint density at radius 3 is 2.73 bits per heavy atom. The Morgan fingerprint density at radius 1 is 1.45 bits per heavy atom. The second-order valence-electron chi connectivity index (χ2n) is 2.01. The molecule has 0 aliphatic carbocycles. The smallest absolute Gasteiger partial charge is 0.114 e. The van der Waals surface area contributed by atoms with E-state index in [9.17, 15) is 4.21 Å². The van der Waals surface area contributed by atoms with E-state index < -0.39 is 10.0 Å². The van der Waals surface area contributed by atoms with Crippen LogP contribution in [0, 0.1) is 0 Å². The molecular weight excluding hydrogens is 186 g/mol. The lowest BCUT2D eigenvalue weighted by atomic mass is 10.2. The summed E-state index contributed by atoms with van der Waals surface area (Å²) in [5.74, 6) is 0.526. The minimum Gasteiger partial charge on any atom is -0.243 e. The fourth-order valence-electron chi connectivity index (χ4n) is 0.620. The molecule has 0 aromatic heterocycles. The van der Waals surface area contributed by atoms with Crippen molar-refractivity contribution in [3.63, 3.8) is 0 Å². The van der Waals surface area contributed by atoms with Crippen molar-refractivity contribution < 1.29 is 4.21 Å². The Hall–Kier alpha value is -0.250. The maximum Gasteiger partial charge on any atom is 0.114 e. The summed E-state index contributed by atoms with van der Waals surface area (Å²) in [4.78, 5) is 2.61. The lowest BCUT2D eigenvalue weighted by Crippen LogP contribution is -1.89. The van der Waals surface area contributed by atoms with Gasteiger partial charge in [-0.15, -0.1) is 0 Å². The highest BCUT2D eigenvalue weighted by Crippen LogP contribution is 1.99. The van der Waals surface area contributed by atoms with Crippen LogP contribution in [-0.4, -0.2) is 16.5 Å². The van der Waals surface area contributed by atoms with Gasteiger partial charge in [-0.05, 0) is 29.1 Å². The van der Waals surface area contributed by atoms with Crippen LogP contribution in [0.1, 0.15) is 19.3 Å². The molecule has 11 heavy (non-hydrogen) atoms. The highest BCUT2D eigenvalue weighted by Gasteiger charge is 1.92. The minimum atomic E-state index is -1.20. The number of nitrogens with zero attached hydrogens (tertiary/aromatic N) is 3. The summed E-state index contributed by atoms with van der Waals surface area (Å²) in [6.45, 7) is 0.519. The Morgan fingerprint density at radius 2 is 2.18 bits per heavy atom. The van der Waals surface area contributed by atoms with Gasteiger partial charge >= 0.3 is 0 Å². The van der Waals surface area contributed by atoms with Gasteiger partial charge in [-0.1, -0.05) is 11.5 Å². The maximum absolute atomic E-state index is 10.3. The number of azide groups is 1. The van der Waals surface area contributed by atoms with Crippen LogP contribution in [0.4, 0.5) is 0 Å². The molecule has 0 heterocycles. The molecule has 4 nitrogen and oxygen atoms in total. The van der Waals surface area contributed by atoms with Gasteiger partial charge in [0.1, 0.15) is 10.0 Å². The van der Waals surface area contributed by atoms with Crippen molar-refractivity contribution in [2.75, 3.05) is 12.3 Å². The van der Waals surface area contributed by atoms with E-state index in [4.69, 9.17) is 16.2 Å². The van der Waals surface area contributed by atoms with Crippen LogP contribution in [-0.2, 0) is 10.0 Å². The molecule has 0 aromatic rings. The van der Waals surface area contributed by atoms with Gasteiger partial charge in [0, 0.05) is 17.2 Å². The van der Waals surface area contributed by atoms with Gasteiger partial charge in [0.05, 0.1) is 0 Å². The molecule has 0 spiro atoms. The highest BCUT2D eigenvalue weighted by atomic mass is 35.7. The normalized spacial score (nSPS) is 12.1. The molecule has 0 N–H and O–H groups in total. The molecule has 0 saturated carbocycles. The van der Waals surface area contributed by atoms with Crippen LogP contribution in [0.5, 0.6) is 0 Å². The Balaban J connectivity index is 3.02. The second kappa shape index (κ2) is 7.85. The maximum atomic E-state index is 10.3. The second-order valence-corrected chi connectivity index (χ2v) is 4.03. The van der Waals surface area contributed by atoms with Gasteiger partial charge in [-0.2, -0.15) is 0 Å².